The van der Waals surface area contributed by atoms with Crippen molar-refractivity contribution in [1.82, 2.24) is 14.3 Å². The summed E-state index contributed by atoms with van der Waals surface area (Å²) in [6, 6.07) is 16.7. The van der Waals surface area contributed by atoms with Crippen molar-refractivity contribution in [2.75, 3.05) is 5.32 Å². The van der Waals surface area contributed by atoms with E-state index in [2.05, 4.69) is 22.5 Å². The van der Waals surface area contributed by atoms with Crippen LogP contribution in [-0.2, 0) is 20.0 Å². The second-order valence-corrected chi connectivity index (χ2v) is 7.22. The molecule has 2 aromatic carbocycles. The molecule has 0 radical (unpaired) electrons. The molecule has 0 aliphatic heterocycles. The van der Waals surface area contributed by atoms with Crippen LogP contribution in [0, 0.1) is 19.7 Å². The van der Waals surface area contributed by atoms with Gasteiger partial charge in [-0.05, 0) is 44.0 Å². The van der Waals surface area contributed by atoms with E-state index in [-0.39, 0.29) is 11.7 Å². The molecular formula is C23H23FN4O. The number of aryl methyl sites for hydroxylation is 4. The molecule has 0 spiro atoms. The highest BCUT2D eigenvalue weighted by Crippen LogP contribution is 2.24. The van der Waals surface area contributed by atoms with Crippen LogP contribution in [0.4, 0.5) is 10.1 Å². The number of carbonyl (C=O) groups excluding carboxylic acids is 1. The normalized spacial score (nSPS) is 11.2. The molecule has 0 unspecified atom stereocenters. The number of fused-ring (bicyclic) bond motifs is 1. The summed E-state index contributed by atoms with van der Waals surface area (Å²) in [5, 5.41) is 7.99. The third-order valence-corrected chi connectivity index (χ3v) is 5.34. The van der Waals surface area contributed by atoms with Gasteiger partial charge >= 0.3 is 0 Å². The molecule has 29 heavy (non-hydrogen) atoms. The molecule has 4 aromatic rings. The zero-order valence-corrected chi connectivity index (χ0v) is 16.7. The number of hydrogen-bond acceptors (Lipinski definition) is 2. The van der Waals surface area contributed by atoms with Gasteiger partial charge in [-0.15, -0.1) is 0 Å². The minimum atomic E-state index is -0.335. The topological polar surface area (TPSA) is 51.9 Å². The summed E-state index contributed by atoms with van der Waals surface area (Å²) in [6.45, 7) is 4.55. The summed E-state index contributed by atoms with van der Waals surface area (Å²) in [5.74, 6) is -0.616. The van der Waals surface area contributed by atoms with E-state index < -0.39 is 0 Å². The summed E-state index contributed by atoms with van der Waals surface area (Å²) in [4.78, 5) is 12.9. The van der Waals surface area contributed by atoms with Crippen LogP contribution in [0.1, 0.15) is 27.4 Å². The Kier molecular flexibility index (Phi) is 4.92. The lowest BCUT2D eigenvalue weighted by atomic mass is 10.1. The minimum Gasteiger partial charge on any atom is -0.340 e. The molecule has 0 bridgehead atoms. The number of benzene rings is 2. The molecule has 0 aliphatic rings. The average molecular weight is 390 g/mol. The van der Waals surface area contributed by atoms with E-state index in [1.165, 1.54) is 11.6 Å². The van der Waals surface area contributed by atoms with Crippen LogP contribution in [0.5, 0.6) is 0 Å². The number of nitrogens with zero attached hydrogens (tertiary/aromatic N) is 3. The molecule has 0 atom stereocenters. The van der Waals surface area contributed by atoms with Crippen LogP contribution in [0.15, 0.2) is 54.6 Å². The van der Waals surface area contributed by atoms with Crippen LogP contribution in [0.3, 0.4) is 0 Å². The first kappa shape index (κ1) is 18.9. The first-order valence-corrected chi connectivity index (χ1v) is 9.59. The number of hydrogen-bond donors (Lipinski definition) is 1. The smallest absolute Gasteiger partial charge is 0.272 e. The van der Waals surface area contributed by atoms with Crippen LogP contribution in [0.25, 0.3) is 10.9 Å². The average Bonchev–Trinajstić information content (AvgIpc) is 3.20. The molecule has 0 saturated heterocycles. The molecular weight excluding hydrogens is 367 g/mol. The van der Waals surface area contributed by atoms with Crippen molar-refractivity contribution in [2.24, 2.45) is 7.05 Å². The van der Waals surface area contributed by atoms with Crippen molar-refractivity contribution >= 4 is 22.5 Å². The lowest BCUT2D eigenvalue weighted by molar-refractivity contribution is 0.101. The number of amides is 1. The van der Waals surface area contributed by atoms with Crippen LogP contribution < -0.4 is 5.32 Å². The summed E-state index contributed by atoms with van der Waals surface area (Å²) < 4.78 is 17.7. The van der Waals surface area contributed by atoms with Crippen LogP contribution in [-0.4, -0.2) is 20.3 Å². The number of rotatable bonds is 5. The Morgan fingerprint density at radius 2 is 1.86 bits per heavy atom. The van der Waals surface area contributed by atoms with Gasteiger partial charge in [0.15, 0.2) is 0 Å². The second-order valence-electron chi connectivity index (χ2n) is 7.22. The second kappa shape index (κ2) is 7.54. The molecule has 1 amide bonds. The predicted molar refractivity (Wildman–Crippen MR) is 113 cm³/mol. The molecule has 5 nitrogen and oxygen atoms in total. The lowest BCUT2D eigenvalue weighted by Gasteiger charge is -2.08. The zero-order chi connectivity index (χ0) is 20.5. The Labute approximate surface area is 168 Å². The lowest BCUT2D eigenvalue weighted by Crippen LogP contribution is -2.16. The highest BCUT2D eigenvalue weighted by atomic mass is 19.1. The van der Waals surface area contributed by atoms with Gasteiger partial charge in [0.05, 0.1) is 22.6 Å². The SMILES string of the molecule is Cc1nn(CCc2ccccc2)c(C)c1NC(=O)c1cc2c(F)cccc2n1C. The number of nitrogens with one attached hydrogen (secondary N) is 1. The maximum Gasteiger partial charge on any atom is 0.272 e. The Bertz CT molecular complexity index is 1190. The fourth-order valence-electron chi connectivity index (χ4n) is 3.69. The first-order valence-electron chi connectivity index (χ1n) is 9.59. The van der Waals surface area contributed by atoms with Crippen molar-refractivity contribution in [3.63, 3.8) is 0 Å². The number of aromatic nitrogens is 3. The fraction of sp³-hybridized carbons (Fsp3) is 0.217. The summed E-state index contributed by atoms with van der Waals surface area (Å²) >= 11 is 0. The molecule has 0 aliphatic carbocycles. The van der Waals surface area contributed by atoms with Crippen molar-refractivity contribution < 1.29 is 9.18 Å². The van der Waals surface area contributed by atoms with Gasteiger partial charge in [-0.25, -0.2) is 4.39 Å². The number of anilines is 1. The first-order chi connectivity index (χ1) is 14.0. The van der Waals surface area contributed by atoms with E-state index in [0.29, 0.717) is 22.3 Å². The molecule has 148 valence electrons. The molecule has 0 saturated carbocycles. The maximum absolute atomic E-state index is 14.1. The monoisotopic (exact) mass is 390 g/mol. The molecule has 1 N–H and O–H groups in total. The third kappa shape index (κ3) is 3.53. The Morgan fingerprint density at radius 3 is 2.59 bits per heavy atom. The summed E-state index contributed by atoms with van der Waals surface area (Å²) in [7, 11) is 1.76. The van der Waals surface area contributed by atoms with E-state index in [9.17, 15) is 9.18 Å². The maximum atomic E-state index is 14.1. The molecule has 6 heteroatoms. The molecule has 2 heterocycles. The highest BCUT2D eigenvalue weighted by molar-refractivity contribution is 6.07. The minimum absolute atomic E-state index is 0.281. The largest absolute Gasteiger partial charge is 0.340 e. The van der Waals surface area contributed by atoms with Gasteiger partial charge in [0.1, 0.15) is 11.5 Å². The van der Waals surface area contributed by atoms with Gasteiger partial charge in [0.2, 0.25) is 0 Å². The Balaban J connectivity index is 1.57. The van der Waals surface area contributed by atoms with Gasteiger partial charge in [-0.2, -0.15) is 5.10 Å². The summed E-state index contributed by atoms with van der Waals surface area (Å²) in [5.41, 5.74) is 4.69. The van der Waals surface area contributed by atoms with E-state index in [4.69, 9.17) is 0 Å². The summed E-state index contributed by atoms with van der Waals surface area (Å²) in [6.07, 6.45) is 0.860. The Morgan fingerprint density at radius 1 is 1.10 bits per heavy atom. The number of carbonyl (C=O) groups is 1. The third-order valence-electron chi connectivity index (χ3n) is 5.34. The van der Waals surface area contributed by atoms with Crippen molar-refractivity contribution in [3.8, 4) is 0 Å². The van der Waals surface area contributed by atoms with Crippen molar-refractivity contribution in [2.45, 2.75) is 26.8 Å². The standard InChI is InChI=1S/C23H23FN4O/c1-15-22(16(2)28(26-15)13-12-17-8-5-4-6-9-17)25-23(29)21-14-18-19(24)10-7-11-20(18)27(21)3/h4-11,14H,12-13H2,1-3H3,(H,25,29). The van der Waals surface area contributed by atoms with E-state index in [0.717, 1.165) is 24.4 Å². The van der Waals surface area contributed by atoms with Crippen molar-refractivity contribution in [3.05, 3.63) is 83.1 Å². The molecule has 0 fully saturated rings. The van der Waals surface area contributed by atoms with E-state index in [1.54, 1.807) is 29.8 Å². The van der Waals surface area contributed by atoms with Gasteiger partial charge in [0.25, 0.3) is 5.91 Å². The zero-order valence-electron chi connectivity index (χ0n) is 16.7. The highest BCUT2D eigenvalue weighted by Gasteiger charge is 2.19. The van der Waals surface area contributed by atoms with E-state index in [1.807, 2.05) is 36.7 Å². The predicted octanol–water partition coefficient (Wildman–Crippen LogP) is 4.63. The van der Waals surface area contributed by atoms with Crippen LogP contribution in [0.2, 0.25) is 0 Å². The van der Waals surface area contributed by atoms with Crippen LogP contribution >= 0.6 is 0 Å². The molecule has 2 aromatic heterocycles. The number of halogens is 1. The fourth-order valence-corrected chi connectivity index (χ4v) is 3.69. The van der Waals surface area contributed by atoms with Gasteiger partial charge in [0, 0.05) is 19.0 Å². The van der Waals surface area contributed by atoms with E-state index >= 15 is 0 Å². The Hall–Kier alpha value is -3.41. The van der Waals surface area contributed by atoms with Crippen molar-refractivity contribution in [1.29, 1.82) is 0 Å². The molecule has 4 rings (SSSR count). The quantitative estimate of drug-likeness (QED) is 0.540. The van der Waals surface area contributed by atoms with Gasteiger partial charge in [-0.1, -0.05) is 36.4 Å². The van der Waals surface area contributed by atoms with Gasteiger partial charge in [-0.3, -0.25) is 9.48 Å². The van der Waals surface area contributed by atoms with Gasteiger partial charge < -0.3 is 9.88 Å².